The SMILES string of the molecule is CCCCC(C)CC(Sc1ccc(-c2ccc(OC(F)(F)F)cc2)cc1)c1ccc(C(=O)NCCC(=O)O)cc1. The lowest BCUT2D eigenvalue weighted by Crippen LogP contribution is -2.25. The number of carbonyl (C=O) groups excluding carboxylic acids is 1. The molecule has 1 amide bonds. The molecule has 0 saturated carbocycles. The van der Waals surface area contributed by atoms with E-state index in [1.807, 2.05) is 36.4 Å². The predicted octanol–water partition coefficient (Wildman–Crippen LogP) is 8.51. The summed E-state index contributed by atoms with van der Waals surface area (Å²) in [6, 6.07) is 21.2. The van der Waals surface area contributed by atoms with Crippen LogP contribution in [0.2, 0.25) is 0 Å². The number of alkyl halides is 3. The molecule has 214 valence electrons. The Balaban J connectivity index is 1.72. The van der Waals surface area contributed by atoms with E-state index in [0.717, 1.165) is 47.3 Å². The third kappa shape index (κ3) is 10.3. The summed E-state index contributed by atoms with van der Waals surface area (Å²) in [5, 5.41) is 11.5. The molecule has 3 aromatic carbocycles. The van der Waals surface area contributed by atoms with Gasteiger partial charge in [0.1, 0.15) is 5.75 Å². The van der Waals surface area contributed by atoms with Gasteiger partial charge in [0.25, 0.3) is 5.91 Å². The minimum atomic E-state index is -4.72. The van der Waals surface area contributed by atoms with Crippen molar-refractivity contribution in [2.45, 2.75) is 62.5 Å². The number of thioether (sulfide) groups is 1. The third-order valence-electron chi connectivity index (χ3n) is 6.39. The fourth-order valence-electron chi connectivity index (χ4n) is 4.26. The molecule has 5 nitrogen and oxygen atoms in total. The maximum absolute atomic E-state index is 12.4. The summed E-state index contributed by atoms with van der Waals surface area (Å²) in [4.78, 5) is 24.1. The van der Waals surface area contributed by atoms with Gasteiger partial charge in [-0.3, -0.25) is 9.59 Å². The van der Waals surface area contributed by atoms with E-state index in [1.165, 1.54) is 12.1 Å². The van der Waals surface area contributed by atoms with Gasteiger partial charge in [0.05, 0.1) is 6.42 Å². The van der Waals surface area contributed by atoms with E-state index < -0.39 is 12.3 Å². The van der Waals surface area contributed by atoms with Gasteiger partial charge < -0.3 is 15.2 Å². The Bertz CT molecular complexity index is 1230. The number of carbonyl (C=O) groups is 2. The van der Waals surface area contributed by atoms with Crippen LogP contribution in [0.4, 0.5) is 13.2 Å². The van der Waals surface area contributed by atoms with E-state index in [2.05, 4.69) is 23.9 Å². The molecule has 3 rings (SSSR count). The molecule has 0 bridgehead atoms. The number of rotatable bonds is 14. The molecule has 0 fully saturated rings. The highest BCUT2D eigenvalue weighted by molar-refractivity contribution is 7.99. The third-order valence-corrected chi connectivity index (χ3v) is 7.68. The normalized spacial score (nSPS) is 12.9. The molecular weight excluding hydrogens is 539 g/mol. The van der Waals surface area contributed by atoms with Crippen LogP contribution in [-0.2, 0) is 4.79 Å². The van der Waals surface area contributed by atoms with Gasteiger partial charge in [0.2, 0.25) is 0 Å². The van der Waals surface area contributed by atoms with Crippen molar-refractivity contribution in [3.8, 4) is 16.9 Å². The van der Waals surface area contributed by atoms with E-state index in [4.69, 9.17) is 5.11 Å². The smallest absolute Gasteiger partial charge is 0.481 e. The predicted molar refractivity (Wildman–Crippen MR) is 151 cm³/mol. The number of halogens is 3. The first-order valence-electron chi connectivity index (χ1n) is 13.3. The van der Waals surface area contributed by atoms with Crippen LogP contribution in [0, 0.1) is 5.92 Å². The number of benzene rings is 3. The van der Waals surface area contributed by atoms with E-state index in [0.29, 0.717) is 11.5 Å². The second-order valence-corrected chi connectivity index (χ2v) is 11.0. The topological polar surface area (TPSA) is 75.6 Å². The summed E-state index contributed by atoms with van der Waals surface area (Å²) < 4.78 is 41.3. The minimum Gasteiger partial charge on any atom is -0.481 e. The average Bonchev–Trinajstić information content (AvgIpc) is 2.91. The number of carboxylic acids is 1. The Morgan fingerprint density at radius 1 is 0.950 bits per heavy atom. The van der Waals surface area contributed by atoms with Crippen LogP contribution < -0.4 is 10.1 Å². The van der Waals surface area contributed by atoms with Gasteiger partial charge in [-0.25, -0.2) is 0 Å². The molecular formula is C31H34F3NO4S. The zero-order valence-electron chi connectivity index (χ0n) is 22.5. The van der Waals surface area contributed by atoms with Crippen molar-refractivity contribution in [2.24, 2.45) is 5.92 Å². The Morgan fingerprint density at radius 2 is 1.55 bits per heavy atom. The summed E-state index contributed by atoms with van der Waals surface area (Å²) in [7, 11) is 0. The van der Waals surface area contributed by atoms with E-state index in [9.17, 15) is 22.8 Å². The van der Waals surface area contributed by atoms with E-state index in [-0.39, 0.29) is 29.9 Å². The Morgan fingerprint density at radius 3 is 2.10 bits per heavy atom. The van der Waals surface area contributed by atoms with Crippen LogP contribution in [0.1, 0.15) is 67.1 Å². The first kappa shape index (κ1) is 31.1. The van der Waals surface area contributed by atoms with E-state index >= 15 is 0 Å². The van der Waals surface area contributed by atoms with Gasteiger partial charge in [-0.15, -0.1) is 24.9 Å². The van der Waals surface area contributed by atoms with Gasteiger partial charge in [-0.1, -0.05) is 69.5 Å². The van der Waals surface area contributed by atoms with Crippen molar-refractivity contribution < 1.29 is 32.6 Å². The fourth-order valence-corrected chi connectivity index (χ4v) is 5.60. The highest BCUT2D eigenvalue weighted by Crippen LogP contribution is 2.41. The summed E-state index contributed by atoms with van der Waals surface area (Å²) >= 11 is 1.74. The Kier molecular flexibility index (Phi) is 11.5. The first-order valence-corrected chi connectivity index (χ1v) is 14.1. The fraction of sp³-hybridized carbons (Fsp3) is 0.355. The lowest BCUT2D eigenvalue weighted by atomic mass is 9.95. The van der Waals surface area contributed by atoms with Crippen LogP contribution in [0.15, 0.2) is 77.7 Å². The molecule has 0 aliphatic carbocycles. The Hall–Kier alpha value is -3.46. The summed E-state index contributed by atoms with van der Waals surface area (Å²) in [6.45, 7) is 4.51. The second kappa shape index (κ2) is 14.8. The second-order valence-electron chi connectivity index (χ2n) is 9.71. The number of amides is 1. The van der Waals surface area contributed by atoms with Crippen molar-refractivity contribution >= 4 is 23.6 Å². The van der Waals surface area contributed by atoms with Crippen molar-refractivity contribution in [3.63, 3.8) is 0 Å². The summed E-state index contributed by atoms with van der Waals surface area (Å²) in [5.74, 6) is -1.02. The van der Waals surface area contributed by atoms with Crippen molar-refractivity contribution in [3.05, 3.63) is 83.9 Å². The molecule has 9 heteroatoms. The molecule has 0 radical (unpaired) electrons. The zero-order chi connectivity index (χ0) is 29.1. The molecule has 0 heterocycles. The van der Waals surface area contributed by atoms with Gasteiger partial charge >= 0.3 is 12.3 Å². The highest BCUT2D eigenvalue weighted by atomic mass is 32.2. The molecule has 2 unspecified atom stereocenters. The quantitative estimate of drug-likeness (QED) is 0.189. The van der Waals surface area contributed by atoms with Crippen molar-refractivity contribution in [1.82, 2.24) is 5.32 Å². The lowest BCUT2D eigenvalue weighted by molar-refractivity contribution is -0.274. The number of aliphatic carboxylic acids is 1. The van der Waals surface area contributed by atoms with Crippen LogP contribution in [0.5, 0.6) is 5.75 Å². The lowest BCUT2D eigenvalue weighted by Gasteiger charge is -2.22. The molecule has 3 aromatic rings. The monoisotopic (exact) mass is 573 g/mol. The van der Waals surface area contributed by atoms with Crippen LogP contribution >= 0.6 is 11.8 Å². The maximum Gasteiger partial charge on any atom is 0.573 e. The van der Waals surface area contributed by atoms with Gasteiger partial charge in [0.15, 0.2) is 0 Å². The summed E-state index contributed by atoms with van der Waals surface area (Å²) in [5.41, 5.74) is 3.25. The molecule has 0 saturated heterocycles. The summed E-state index contributed by atoms with van der Waals surface area (Å²) in [6.07, 6.45) is -0.468. The highest BCUT2D eigenvalue weighted by Gasteiger charge is 2.31. The van der Waals surface area contributed by atoms with Crippen LogP contribution in [0.3, 0.4) is 0 Å². The number of carboxylic acid groups (broad SMARTS) is 1. The standard InChI is InChI=1S/C31H34F3NO4S/c1-3-4-5-21(2)20-28(24-6-8-25(9-7-24)30(38)35-19-18-29(36)37)40-27-16-12-23(13-17-27)22-10-14-26(15-11-22)39-31(32,33)34/h6-17,21,28H,3-5,18-20H2,1-2H3,(H,35,38)(H,36,37). The van der Waals surface area contributed by atoms with Gasteiger partial charge in [-0.2, -0.15) is 0 Å². The average molecular weight is 574 g/mol. The van der Waals surface area contributed by atoms with Crippen molar-refractivity contribution in [2.75, 3.05) is 6.54 Å². The molecule has 0 aliphatic heterocycles. The molecule has 2 N–H and O–H groups in total. The van der Waals surface area contributed by atoms with Crippen LogP contribution in [0.25, 0.3) is 11.1 Å². The number of nitrogens with one attached hydrogen (secondary N) is 1. The maximum atomic E-state index is 12.4. The van der Waals surface area contributed by atoms with Gasteiger partial charge in [0, 0.05) is 22.3 Å². The molecule has 2 atom stereocenters. The van der Waals surface area contributed by atoms with Crippen LogP contribution in [-0.4, -0.2) is 29.9 Å². The minimum absolute atomic E-state index is 0.0742. The molecule has 40 heavy (non-hydrogen) atoms. The number of unbranched alkanes of at least 4 members (excludes halogenated alkanes) is 1. The Labute approximate surface area is 237 Å². The molecule has 0 aromatic heterocycles. The van der Waals surface area contributed by atoms with Crippen molar-refractivity contribution in [1.29, 1.82) is 0 Å². The zero-order valence-corrected chi connectivity index (χ0v) is 23.4. The number of hydrogen-bond acceptors (Lipinski definition) is 4. The number of hydrogen-bond donors (Lipinski definition) is 2. The molecule has 0 aliphatic rings. The molecule has 0 spiro atoms. The van der Waals surface area contributed by atoms with Gasteiger partial charge in [-0.05, 0) is 65.4 Å². The van der Waals surface area contributed by atoms with E-state index in [1.54, 1.807) is 36.0 Å². The number of ether oxygens (including phenoxy) is 1. The first-order chi connectivity index (χ1) is 19.0. The largest absolute Gasteiger partial charge is 0.573 e.